The summed E-state index contributed by atoms with van der Waals surface area (Å²) in [4.78, 5) is 36.6. The van der Waals surface area contributed by atoms with Crippen LogP contribution in [-0.2, 0) is 19.1 Å². The van der Waals surface area contributed by atoms with Gasteiger partial charge in [-0.15, -0.1) is 0 Å². The van der Waals surface area contributed by atoms with Gasteiger partial charge in [-0.05, 0) is 19.3 Å². The van der Waals surface area contributed by atoms with Gasteiger partial charge in [0, 0.05) is 19.6 Å². The third kappa shape index (κ3) is 4.42. The average molecular weight is 298 g/mol. The maximum Gasteiger partial charge on any atom is 0.305 e. The second-order valence-corrected chi connectivity index (χ2v) is 5.83. The lowest BCUT2D eigenvalue weighted by molar-refractivity contribution is -0.140. The van der Waals surface area contributed by atoms with Crippen molar-refractivity contribution in [1.82, 2.24) is 10.2 Å². The second-order valence-electron chi connectivity index (χ2n) is 5.83. The SMILES string of the molecule is O=C(O)CC1(NC(=O)CN2CCCCCC2=O)CCOC1. The standard InChI is InChI=1S/C14H22N2O5/c17-11(9-16-6-3-1-2-4-12(16)18)15-14(8-13(19)20)5-7-21-10-14/h1-10H2,(H,15,17)(H,19,20). The van der Waals surface area contributed by atoms with E-state index in [2.05, 4.69) is 5.32 Å². The molecular formula is C14H22N2O5. The number of amides is 2. The summed E-state index contributed by atoms with van der Waals surface area (Å²) >= 11 is 0. The van der Waals surface area contributed by atoms with Crippen molar-refractivity contribution in [3.8, 4) is 0 Å². The van der Waals surface area contributed by atoms with Crippen molar-refractivity contribution in [1.29, 1.82) is 0 Å². The molecule has 2 saturated heterocycles. The molecule has 2 fully saturated rings. The van der Waals surface area contributed by atoms with Crippen molar-refractivity contribution in [2.75, 3.05) is 26.3 Å². The number of carboxylic acids is 1. The number of rotatable bonds is 5. The number of carboxylic acid groups (broad SMARTS) is 1. The molecule has 0 aromatic rings. The third-order valence-electron chi connectivity index (χ3n) is 4.00. The Kier molecular flexibility index (Phi) is 5.17. The Morgan fingerprint density at radius 2 is 2.14 bits per heavy atom. The van der Waals surface area contributed by atoms with Crippen molar-refractivity contribution >= 4 is 17.8 Å². The Labute approximate surface area is 123 Å². The lowest BCUT2D eigenvalue weighted by atomic mass is 9.94. The largest absolute Gasteiger partial charge is 0.481 e. The molecule has 21 heavy (non-hydrogen) atoms. The van der Waals surface area contributed by atoms with Gasteiger partial charge in [0.15, 0.2) is 0 Å². The first-order chi connectivity index (χ1) is 10.0. The zero-order chi connectivity index (χ0) is 15.3. The van der Waals surface area contributed by atoms with Crippen LogP contribution in [0.3, 0.4) is 0 Å². The first kappa shape index (κ1) is 15.8. The van der Waals surface area contributed by atoms with E-state index in [-0.39, 0.29) is 31.4 Å². The van der Waals surface area contributed by atoms with Crippen LogP contribution in [0.4, 0.5) is 0 Å². The number of nitrogens with zero attached hydrogens (tertiary/aromatic N) is 1. The van der Waals surface area contributed by atoms with Crippen LogP contribution < -0.4 is 5.32 Å². The molecule has 2 aliphatic heterocycles. The zero-order valence-corrected chi connectivity index (χ0v) is 12.1. The molecule has 118 valence electrons. The smallest absolute Gasteiger partial charge is 0.305 e. The molecule has 0 bridgehead atoms. The van der Waals surface area contributed by atoms with E-state index in [4.69, 9.17) is 9.84 Å². The van der Waals surface area contributed by atoms with E-state index >= 15 is 0 Å². The minimum Gasteiger partial charge on any atom is -0.481 e. The summed E-state index contributed by atoms with van der Waals surface area (Å²) in [6, 6.07) is 0. The highest BCUT2D eigenvalue weighted by molar-refractivity contribution is 5.85. The van der Waals surface area contributed by atoms with Gasteiger partial charge in [-0.25, -0.2) is 0 Å². The minimum absolute atomic E-state index is 0.000201. The van der Waals surface area contributed by atoms with E-state index in [1.807, 2.05) is 0 Å². The van der Waals surface area contributed by atoms with Gasteiger partial charge >= 0.3 is 5.97 Å². The van der Waals surface area contributed by atoms with E-state index in [0.717, 1.165) is 19.3 Å². The molecule has 7 heteroatoms. The Morgan fingerprint density at radius 1 is 1.33 bits per heavy atom. The molecule has 0 saturated carbocycles. The summed E-state index contributed by atoms with van der Waals surface area (Å²) in [5.74, 6) is -1.28. The van der Waals surface area contributed by atoms with Crippen molar-refractivity contribution in [3.05, 3.63) is 0 Å². The van der Waals surface area contributed by atoms with Crippen molar-refractivity contribution < 1.29 is 24.2 Å². The first-order valence-electron chi connectivity index (χ1n) is 7.39. The molecular weight excluding hydrogens is 276 g/mol. The molecule has 0 radical (unpaired) electrons. The number of nitrogens with one attached hydrogen (secondary N) is 1. The number of hydrogen-bond acceptors (Lipinski definition) is 4. The normalized spacial score (nSPS) is 26.5. The zero-order valence-electron chi connectivity index (χ0n) is 12.1. The van der Waals surface area contributed by atoms with Gasteiger partial charge in [0.1, 0.15) is 0 Å². The van der Waals surface area contributed by atoms with E-state index in [0.29, 0.717) is 26.0 Å². The van der Waals surface area contributed by atoms with Gasteiger partial charge < -0.3 is 20.1 Å². The molecule has 2 heterocycles. The van der Waals surface area contributed by atoms with Crippen molar-refractivity contribution in [2.45, 2.75) is 44.1 Å². The number of aliphatic carboxylic acids is 1. The molecule has 0 aliphatic carbocycles. The maximum atomic E-state index is 12.2. The Balaban J connectivity index is 1.92. The quantitative estimate of drug-likeness (QED) is 0.752. The number of likely N-dealkylation sites (tertiary alicyclic amines) is 1. The molecule has 0 aromatic heterocycles. The van der Waals surface area contributed by atoms with Gasteiger partial charge in [-0.3, -0.25) is 14.4 Å². The summed E-state index contributed by atoms with van der Waals surface area (Å²) < 4.78 is 5.23. The van der Waals surface area contributed by atoms with Gasteiger partial charge in [0.05, 0.1) is 25.1 Å². The number of carbonyl (C=O) groups is 3. The highest BCUT2D eigenvalue weighted by Crippen LogP contribution is 2.22. The fourth-order valence-corrected chi connectivity index (χ4v) is 2.89. The van der Waals surface area contributed by atoms with Crippen LogP contribution in [0.5, 0.6) is 0 Å². The highest BCUT2D eigenvalue weighted by Gasteiger charge is 2.39. The summed E-state index contributed by atoms with van der Waals surface area (Å²) in [7, 11) is 0. The fraction of sp³-hybridized carbons (Fsp3) is 0.786. The van der Waals surface area contributed by atoms with Gasteiger partial charge in [-0.2, -0.15) is 0 Å². The summed E-state index contributed by atoms with van der Waals surface area (Å²) in [6.45, 7) is 1.24. The van der Waals surface area contributed by atoms with Crippen molar-refractivity contribution in [3.63, 3.8) is 0 Å². The Hall–Kier alpha value is -1.63. The molecule has 7 nitrogen and oxygen atoms in total. The summed E-state index contributed by atoms with van der Waals surface area (Å²) in [6.07, 6.45) is 3.58. The maximum absolute atomic E-state index is 12.2. The first-order valence-corrected chi connectivity index (χ1v) is 7.39. The van der Waals surface area contributed by atoms with Crippen LogP contribution in [0, 0.1) is 0 Å². The van der Waals surface area contributed by atoms with Crippen LogP contribution in [-0.4, -0.2) is 59.6 Å². The molecule has 1 unspecified atom stereocenters. The van der Waals surface area contributed by atoms with Crippen LogP contribution in [0.25, 0.3) is 0 Å². The molecule has 2 N–H and O–H groups in total. The molecule has 2 amide bonds. The second kappa shape index (κ2) is 6.89. The fourth-order valence-electron chi connectivity index (χ4n) is 2.89. The van der Waals surface area contributed by atoms with Crippen LogP contribution >= 0.6 is 0 Å². The molecule has 0 aromatic carbocycles. The van der Waals surface area contributed by atoms with Crippen LogP contribution in [0.15, 0.2) is 0 Å². The highest BCUT2D eigenvalue weighted by atomic mass is 16.5. The van der Waals surface area contributed by atoms with E-state index in [1.165, 1.54) is 0 Å². The van der Waals surface area contributed by atoms with E-state index in [9.17, 15) is 14.4 Å². The topological polar surface area (TPSA) is 95.9 Å². The molecule has 2 aliphatic rings. The summed E-state index contributed by atoms with van der Waals surface area (Å²) in [5, 5.41) is 11.8. The van der Waals surface area contributed by atoms with Crippen molar-refractivity contribution in [2.24, 2.45) is 0 Å². The molecule has 1 atom stereocenters. The number of hydrogen-bond donors (Lipinski definition) is 2. The predicted molar refractivity (Wildman–Crippen MR) is 73.6 cm³/mol. The number of ether oxygens (including phenoxy) is 1. The number of carbonyl (C=O) groups excluding carboxylic acids is 2. The Morgan fingerprint density at radius 3 is 2.81 bits per heavy atom. The summed E-state index contributed by atoms with van der Waals surface area (Å²) in [5.41, 5.74) is -0.836. The van der Waals surface area contributed by atoms with E-state index < -0.39 is 11.5 Å². The van der Waals surface area contributed by atoms with Gasteiger partial charge in [-0.1, -0.05) is 6.42 Å². The third-order valence-corrected chi connectivity index (χ3v) is 4.00. The minimum atomic E-state index is -0.966. The monoisotopic (exact) mass is 298 g/mol. The van der Waals surface area contributed by atoms with E-state index in [1.54, 1.807) is 4.90 Å². The molecule has 0 spiro atoms. The lowest BCUT2D eigenvalue weighted by Crippen LogP contribution is -2.53. The predicted octanol–water partition coefficient (Wildman–Crippen LogP) is 0.139. The van der Waals surface area contributed by atoms with Gasteiger partial charge in [0.25, 0.3) is 0 Å². The van der Waals surface area contributed by atoms with Crippen LogP contribution in [0.2, 0.25) is 0 Å². The average Bonchev–Trinajstić information content (AvgIpc) is 2.74. The molecule has 2 rings (SSSR count). The van der Waals surface area contributed by atoms with Gasteiger partial charge in [0.2, 0.25) is 11.8 Å². The van der Waals surface area contributed by atoms with Crippen LogP contribution in [0.1, 0.15) is 38.5 Å². The lowest BCUT2D eigenvalue weighted by Gasteiger charge is -2.29. The Bertz CT molecular complexity index is 418.